The molecule has 0 saturated carbocycles. The SMILES string of the molecule is CC(=O)OC(OC(C)=O)[C@@]12C=C[C@H](O1)[C@@H]1C(=O)N(c3cc(C(F)(F)F)ccc3Cl)C(=O)[C@@H]12. The van der Waals surface area contributed by atoms with Crippen LogP contribution in [-0.4, -0.2) is 41.7 Å². The van der Waals surface area contributed by atoms with Crippen LogP contribution in [0.3, 0.4) is 0 Å². The number of nitrogens with zero attached hydrogens (tertiary/aromatic N) is 1. The quantitative estimate of drug-likeness (QED) is 0.287. The van der Waals surface area contributed by atoms with Crippen molar-refractivity contribution in [2.24, 2.45) is 11.8 Å². The molecule has 170 valence electrons. The third-order valence-corrected chi connectivity index (χ3v) is 5.83. The van der Waals surface area contributed by atoms with E-state index in [1.807, 2.05) is 0 Å². The van der Waals surface area contributed by atoms with Crippen molar-refractivity contribution in [3.8, 4) is 0 Å². The van der Waals surface area contributed by atoms with Gasteiger partial charge in [-0.1, -0.05) is 17.7 Å². The molecule has 0 aromatic heterocycles. The monoisotopic (exact) mass is 473 g/mol. The molecule has 1 aromatic carbocycles. The third-order valence-electron chi connectivity index (χ3n) is 5.51. The average molecular weight is 474 g/mol. The van der Waals surface area contributed by atoms with Gasteiger partial charge in [0.25, 0.3) is 6.29 Å². The lowest BCUT2D eigenvalue weighted by molar-refractivity contribution is -0.226. The lowest BCUT2D eigenvalue weighted by Crippen LogP contribution is -2.52. The van der Waals surface area contributed by atoms with Crippen molar-refractivity contribution in [3.63, 3.8) is 0 Å². The molecule has 3 aliphatic rings. The molecular formula is C20H15ClF3NO7. The van der Waals surface area contributed by atoms with Crippen LogP contribution in [0.15, 0.2) is 30.4 Å². The molecule has 2 fully saturated rings. The largest absolute Gasteiger partial charge is 0.422 e. The summed E-state index contributed by atoms with van der Waals surface area (Å²) in [6, 6.07) is 2.27. The van der Waals surface area contributed by atoms with Gasteiger partial charge in [0.2, 0.25) is 11.8 Å². The summed E-state index contributed by atoms with van der Waals surface area (Å²) in [5, 5.41) is -0.244. The molecule has 4 rings (SSSR count). The molecule has 0 aliphatic carbocycles. The molecule has 0 radical (unpaired) electrons. The standard InChI is InChI=1S/C20H15ClF3NO7/c1-8(26)30-18(31-9(2)27)19-6-5-13(32-19)14-15(19)17(29)25(16(14)28)12-7-10(20(22,23)24)3-4-11(12)21/h3-7,13-15,18H,1-2H3/t13-,14-,15+,19-/m0/s1. The van der Waals surface area contributed by atoms with E-state index in [1.54, 1.807) is 0 Å². The maximum atomic E-state index is 13.4. The fourth-order valence-electron chi connectivity index (χ4n) is 4.31. The van der Waals surface area contributed by atoms with Gasteiger partial charge in [-0.25, -0.2) is 4.90 Å². The van der Waals surface area contributed by atoms with Crippen molar-refractivity contribution in [2.45, 2.75) is 38.0 Å². The van der Waals surface area contributed by atoms with E-state index in [0.717, 1.165) is 26.0 Å². The van der Waals surface area contributed by atoms with E-state index in [-0.39, 0.29) is 5.02 Å². The topological polar surface area (TPSA) is 99.2 Å². The zero-order valence-electron chi connectivity index (χ0n) is 16.5. The van der Waals surface area contributed by atoms with Gasteiger partial charge in [-0.3, -0.25) is 19.2 Å². The summed E-state index contributed by atoms with van der Waals surface area (Å²) in [5.41, 5.74) is -3.35. The van der Waals surface area contributed by atoms with Gasteiger partial charge in [0, 0.05) is 13.8 Å². The molecule has 3 heterocycles. The Balaban J connectivity index is 1.78. The first kappa shape index (κ1) is 22.3. The molecule has 32 heavy (non-hydrogen) atoms. The number of esters is 2. The molecule has 2 amide bonds. The number of benzene rings is 1. The van der Waals surface area contributed by atoms with Crippen LogP contribution >= 0.6 is 11.6 Å². The number of imide groups is 1. The molecular weight excluding hydrogens is 459 g/mol. The van der Waals surface area contributed by atoms with Crippen molar-refractivity contribution < 1.29 is 46.6 Å². The number of carbonyl (C=O) groups excluding carboxylic acids is 4. The Morgan fingerprint density at radius 3 is 2.34 bits per heavy atom. The first-order valence-corrected chi connectivity index (χ1v) is 9.71. The molecule has 0 spiro atoms. The third kappa shape index (κ3) is 3.27. The highest BCUT2D eigenvalue weighted by Gasteiger charge is 2.72. The number of amides is 2. The van der Waals surface area contributed by atoms with E-state index in [4.69, 9.17) is 25.8 Å². The average Bonchev–Trinajstić information content (AvgIpc) is 3.32. The first-order valence-electron chi connectivity index (χ1n) is 9.33. The van der Waals surface area contributed by atoms with Gasteiger partial charge < -0.3 is 14.2 Å². The van der Waals surface area contributed by atoms with Crippen molar-refractivity contribution in [1.82, 2.24) is 0 Å². The number of hydrogen-bond donors (Lipinski definition) is 0. The normalized spacial score (nSPS) is 28.5. The number of fused-ring (bicyclic) bond motifs is 5. The summed E-state index contributed by atoms with van der Waals surface area (Å²) in [7, 11) is 0. The van der Waals surface area contributed by atoms with Crippen molar-refractivity contribution in [1.29, 1.82) is 0 Å². The van der Waals surface area contributed by atoms with Gasteiger partial charge in [0.05, 0.1) is 34.2 Å². The second-order valence-electron chi connectivity index (χ2n) is 7.53. The van der Waals surface area contributed by atoms with Crippen LogP contribution in [0, 0.1) is 11.8 Å². The zero-order chi connectivity index (χ0) is 23.6. The Hall–Kier alpha value is -2.92. The maximum Gasteiger partial charge on any atom is 0.416 e. The minimum Gasteiger partial charge on any atom is -0.422 e. The van der Waals surface area contributed by atoms with Gasteiger partial charge in [-0.05, 0) is 24.3 Å². The fourth-order valence-corrected chi connectivity index (χ4v) is 4.52. The van der Waals surface area contributed by atoms with E-state index in [1.165, 1.54) is 12.2 Å². The molecule has 12 heteroatoms. The molecule has 2 saturated heterocycles. The highest BCUT2D eigenvalue weighted by atomic mass is 35.5. The van der Waals surface area contributed by atoms with E-state index in [9.17, 15) is 32.3 Å². The second kappa shape index (κ2) is 7.31. The lowest BCUT2D eigenvalue weighted by Gasteiger charge is -2.34. The van der Waals surface area contributed by atoms with Crippen LogP contribution in [-0.2, 0) is 39.6 Å². The van der Waals surface area contributed by atoms with Crippen LogP contribution in [0.2, 0.25) is 5.02 Å². The molecule has 0 N–H and O–H groups in total. The minimum absolute atomic E-state index is 0.244. The Bertz CT molecular complexity index is 1060. The summed E-state index contributed by atoms with van der Waals surface area (Å²) >= 11 is 6.04. The van der Waals surface area contributed by atoms with Crippen molar-refractivity contribution in [3.05, 3.63) is 40.9 Å². The van der Waals surface area contributed by atoms with Gasteiger partial charge in [-0.2, -0.15) is 13.2 Å². The minimum atomic E-state index is -4.73. The van der Waals surface area contributed by atoms with Gasteiger partial charge in [0.1, 0.15) is 0 Å². The summed E-state index contributed by atoms with van der Waals surface area (Å²) in [6.07, 6.45) is -4.56. The molecule has 0 unspecified atom stereocenters. The number of anilines is 1. The van der Waals surface area contributed by atoms with E-state index in [2.05, 4.69) is 0 Å². The van der Waals surface area contributed by atoms with Gasteiger partial charge in [0.15, 0.2) is 5.60 Å². The van der Waals surface area contributed by atoms with E-state index >= 15 is 0 Å². The Kier molecular flexibility index (Phi) is 5.09. The van der Waals surface area contributed by atoms with E-state index < -0.39 is 71.0 Å². The van der Waals surface area contributed by atoms with Crippen LogP contribution < -0.4 is 4.90 Å². The predicted molar refractivity (Wildman–Crippen MR) is 100.0 cm³/mol. The molecule has 8 nitrogen and oxygen atoms in total. The van der Waals surface area contributed by atoms with Crippen LogP contribution in [0.1, 0.15) is 19.4 Å². The smallest absolute Gasteiger partial charge is 0.416 e. The molecule has 2 bridgehead atoms. The Morgan fingerprint density at radius 2 is 1.78 bits per heavy atom. The Labute approximate surface area is 183 Å². The summed E-state index contributed by atoms with van der Waals surface area (Å²) in [6.45, 7) is 2.10. The molecule has 4 atom stereocenters. The van der Waals surface area contributed by atoms with Crippen molar-refractivity contribution >= 4 is 41.0 Å². The summed E-state index contributed by atoms with van der Waals surface area (Å²) in [4.78, 5) is 50.2. The highest BCUT2D eigenvalue weighted by molar-refractivity contribution is 6.36. The number of ether oxygens (including phenoxy) is 3. The maximum absolute atomic E-state index is 13.4. The predicted octanol–water partition coefficient (Wildman–Crippen LogP) is 2.62. The number of hydrogen-bond acceptors (Lipinski definition) is 7. The second-order valence-corrected chi connectivity index (χ2v) is 7.93. The summed E-state index contributed by atoms with van der Waals surface area (Å²) in [5.74, 6) is -5.89. The summed E-state index contributed by atoms with van der Waals surface area (Å²) < 4.78 is 55.5. The number of alkyl halides is 3. The fraction of sp³-hybridized carbons (Fsp3) is 0.400. The van der Waals surface area contributed by atoms with Crippen LogP contribution in [0.5, 0.6) is 0 Å². The highest BCUT2D eigenvalue weighted by Crippen LogP contribution is 2.55. The van der Waals surface area contributed by atoms with Crippen LogP contribution in [0.4, 0.5) is 18.9 Å². The Morgan fingerprint density at radius 1 is 1.16 bits per heavy atom. The van der Waals surface area contributed by atoms with E-state index in [0.29, 0.717) is 11.0 Å². The zero-order valence-corrected chi connectivity index (χ0v) is 17.3. The molecule has 3 aliphatic heterocycles. The van der Waals surface area contributed by atoms with Gasteiger partial charge in [-0.15, -0.1) is 0 Å². The number of rotatable bonds is 4. The van der Waals surface area contributed by atoms with Crippen molar-refractivity contribution in [2.75, 3.05) is 4.90 Å². The lowest BCUT2D eigenvalue weighted by atomic mass is 9.76. The molecule has 1 aromatic rings. The van der Waals surface area contributed by atoms with Crippen LogP contribution in [0.25, 0.3) is 0 Å². The van der Waals surface area contributed by atoms with Gasteiger partial charge >= 0.3 is 18.1 Å². The first-order chi connectivity index (χ1) is 14.9. The number of carbonyl (C=O) groups is 4. The number of halogens is 4.